The van der Waals surface area contributed by atoms with E-state index in [1.807, 2.05) is 13.8 Å². The van der Waals surface area contributed by atoms with Gasteiger partial charge < -0.3 is 16.4 Å². The number of hydrogen-bond donors (Lipinski definition) is 3. The van der Waals surface area contributed by atoms with Gasteiger partial charge in [-0.3, -0.25) is 13.9 Å². The minimum absolute atomic E-state index is 0.133. The van der Waals surface area contributed by atoms with E-state index in [4.69, 9.17) is 5.73 Å². The lowest BCUT2D eigenvalue weighted by Crippen LogP contribution is -2.38. The van der Waals surface area contributed by atoms with Gasteiger partial charge in [0.15, 0.2) is 17.2 Å². The minimum Gasteiger partial charge on any atom is -0.348 e. The first-order valence-corrected chi connectivity index (χ1v) is 11.6. The summed E-state index contributed by atoms with van der Waals surface area (Å²) in [4.78, 5) is 21.2. The van der Waals surface area contributed by atoms with E-state index >= 15 is 0 Å². The van der Waals surface area contributed by atoms with Crippen molar-refractivity contribution in [2.75, 3.05) is 18.5 Å². The van der Waals surface area contributed by atoms with Gasteiger partial charge in [0.2, 0.25) is 0 Å². The third kappa shape index (κ3) is 5.40. The maximum Gasteiger partial charge on any atom is 0.435 e. The first-order valence-electron chi connectivity index (χ1n) is 11.6. The van der Waals surface area contributed by atoms with Crippen molar-refractivity contribution in [3.8, 4) is 11.3 Å². The van der Waals surface area contributed by atoms with E-state index < -0.39 is 18.5 Å². The van der Waals surface area contributed by atoms with Gasteiger partial charge in [-0.2, -0.15) is 18.3 Å². The number of nitrogens with two attached hydrogens (primary N) is 1. The van der Waals surface area contributed by atoms with Gasteiger partial charge in [0.05, 0.1) is 24.0 Å². The number of aromatic nitrogens is 5. The number of nitrogens with one attached hydrogen (secondary N) is 2. The first-order chi connectivity index (χ1) is 17.7. The standard InChI is InChI=1S/C24H26F4N8O/c1-3-15-10-16(4-5-17(15)23(37)32-14(2)11-29)33-21-22-31-12-19(36(22)9-7-30-21)18-13-35(8-6-25)34-20(18)24(26,27)28/h4-5,7,9-10,12-14H,3,6,8,11,29H2,1-2H3,(H,30,33)(H,32,37)/t14-/m1/s1. The van der Waals surface area contributed by atoms with Gasteiger partial charge in [-0.25, -0.2) is 14.4 Å². The third-order valence-electron chi connectivity index (χ3n) is 5.77. The van der Waals surface area contributed by atoms with E-state index in [9.17, 15) is 22.4 Å². The molecule has 3 aromatic heterocycles. The number of fused-ring (bicyclic) bond motifs is 1. The van der Waals surface area contributed by atoms with Crippen LogP contribution in [0.5, 0.6) is 0 Å². The zero-order chi connectivity index (χ0) is 26.7. The van der Waals surface area contributed by atoms with Crippen LogP contribution in [-0.4, -0.2) is 49.3 Å². The van der Waals surface area contributed by atoms with Gasteiger partial charge >= 0.3 is 6.18 Å². The Balaban J connectivity index is 1.69. The number of halogens is 4. The largest absolute Gasteiger partial charge is 0.435 e. The third-order valence-corrected chi connectivity index (χ3v) is 5.77. The molecule has 0 bridgehead atoms. The molecule has 3 heterocycles. The Kier molecular flexibility index (Phi) is 7.43. The fourth-order valence-electron chi connectivity index (χ4n) is 3.91. The summed E-state index contributed by atoms with van der Waals surface area (Å²) in [5.41, 5.74) is 6.59. The SMILES string of the molecule is CCc1cc(Nc2nccn3c(-c4cn(CCF)nc4C(F)(F)F)cnc23)ccc1C(=O)N[C@H](C)CN. The van der Waals surface area contributed by atoms with E-state index in [0.717, 1.165) is 16.4 Å². The number of rotatable bonds is 9. The van der Waals surface area contributed by atoms with Crippen molar-refractivity contribution in [2.24, 2.45) is 5.73 Å². The van der Waals surface area contributed by atoms with E-state index in [2.05, 4.69) is 25.7 Å². The molecule has 4 N–H and O–H groups in total. The van der Waals surface area contributed by atoms with Crippen molar-refractivity contribution in [2.45, 2.75) is 39.0 Å². The fraction of sp³-hybridized carbons (Fsp3) is 0.333. The fourth-order valence-corrected chi connectivity index (χ4v) is 3.91. The zero-order valence-corrected chi connectivity index (χ0v) is 20.2. The molecule has 4 rings (SSSR count). The van der Waals surface area contributed by atoms with Gasteiger partial charge in [-0.05, 0) is 37.1 Å². The predicted molar refractivity (Wildman–Crippen MR) is 130 cm³/mol. The highest BCUT2D eigenvalue weighted by molar-refractivity contribution is 5.96. The molecule has 0 unspecified atom stereocenters. The highest BCUT2D eigenvalue weighted by Crippen LogP contribution is 2.37. The van der Waals surface area contributed by atoms with Crippen molar-refractivity contribution in [1.82, 2.24) is 29.5 Å². The Morgan fingerprint density at radius 3 is 2.70 bits per heavy atom. The molecule has 9 nitrogen and oxygen atoms in total. The van der Waals surface area contributed by atoms with Crippen LogP contribution >= 0.6 is 0 Å². The van der Waals surface area contributed by atoms with Crippen molar-refractivity contribution >= 4 is 23.1 Å². The first kappa shape index (κ1) is 26.1. The average molecular weight is 519 g/mol. The van der Waals surface area contributed by atoms with Crippen LogP contribution in [0.25, 0.3) is 16.9 Å². The Labute approximate surface area is 209 Å². The van der Waals surface area contributed by atoms with Gasteiger partial charge in [-0.1, -0.05) is 6.92 Å². The van der Waals surface area contributed by atoms with Crippen molar-refractivity contribution in [3.63, 3.8) is 0 Å². The summed E-state index contributed by atoms with van der Waals surface area (Å²) >= 11 is 0. The number of aryl methyl sites for hydroxylation is 2. The summed E-state index contributed by atoms with van der Waals surface area (Å²) in [5.74, 6) is 0.0720. The van der Waals surface area contributed by atoms with E-state index in [0.29, 0.717) is 30.0 Å². The topological polar surface area (TPSA) is 115 Å². The Bertz CT molecular complexity index is 1410. The lowest BCUT2D eigenvalue weighted by Gasteiger charge is -2.15. The molecule has 0 aliphatic rings. The Hall–Kier alpha value is -4.00. The van der Waals surface area contributed by atoms with E-state index in [1.54, 1.807) is 18.2 Å². The molecule has 1 aromatic carbocycles. The molecule has 0 saturated carbocycles. The molecule has 196 valence electrons. The smallest absolute Gasteiger partial charge is 0.348 e. The quantitative estimate of drug-likeness (QED) is 0.289. The zero-order valence-electron chi connectivity index (χ0n) is 20.2. The van der Waals surface area contributed by atoms with Crippen LogP contribution in [0.1, 0.15) is 35.5 Å². The molecule has 0 aliphatic heterocycles. The van der Waals surface area contributed by atoms with Gasteiger partial charge in [-0.15, -0.1) is 0 Å². The predicted octanol–water partition coefficient (Wildman–Crippen LogP) is 3.96. The number of carbonyl (C=O) groups excluding carboxylic acids is 1. The maximum atomic E-state index is 13.7. The Morgan fingerprint density at radius 1 is 1.24 bits per heavy atom. The van der Waals surface area contributed by atoms with Crippen molar-refractivity contribution in [3.05, 3.63) is 59.8 Å². The highest BCUT2D eigenvalue weighted by Gasteiger charge is 2.38. The van der Waals surface area contributed by atoms with Crippen LogP contribution in [0.2, 0.25) is 0 Å². The summed E-state index contributed by atoms with van der Waals surface area (Å²) in [6, 6.07) is 5.03. The second-order valence-corrected chi connectivity index (χ2v) is 8.41. The molecule has 1 atom stereocenters. The van der Waals surface area contributed by atoms with Crippen LogP contribution in [0, 0.1) is 0 Å². The molecule has 0 aliphatic carbocycles. The van der Waals surface area contributed by atoms with E-state index in [1.165, 1.54) is 23.0 Å². The molecule has 0 spiro atoms. The van der Waals surface area contributed by atoms with Crippen LogP contribution in [0.3, 0.4) is 0 Å². The van der Waals surface area contributed by atoms with Crippen molar-refractivity contribution in [1.29, 1.82) is 0 Å². The van der Waals surface area contributed by atoms with Crippen LogP contribution in [0.15, 0.2) is 43.0 Å². The second kappa shape index (κ2) is 10.5. The molecule has 0 radical (unpaired) electrons. The molecule has 37 heavy (non-hydrogen) atoms. The molecule has 1 amide bonds. The van der Waals surface area contributed by atoms with Crippen LogP contribution in [0.4, 0.5) is 29.1 Å². The number of imidazole rings is 1. The van der Waals surface area contributed by atoms with E-state index in [-0.39, 0.29) is 35.4 Å². The highest BCUT2D eigenvalue weighted by atomic mass is 19.4. The number of carbonyl (C=O) groups is 1. The summed E-state index contributed by atoms with van der Waals surface area (Å²) in [6.07, 6.45) is 1.21. The summed E-state index contributed by atoms with van der Waals surface area (Å²) in [5, 5.41) is 9.50. The second-order valence-electron chi connectivity index (χ2n) is 8.41. The van der Waals surface area contributed by atoms with Crippen LogP contribution < -0.4 is 16.4 Å². The molecule has 13 heteroatoms. The number of hydrogen-bond acceptors (Lipinski definition) is 6. The lowest BCUT2D eigenvalue weighted by atomic mass is 10.0. The average Bonchev–Trinajstić information content (AvgIpc) is 3.49. The van der Waals surface area contributed by atoms with Gasteiger partial charge in [0.1, 0.15) is 6.67 Å². The molecule has 0 saturated heterocycles. The minimum atomic E-state index is -4.73. The number of alkyl halides is 4. The monoisotopic (exact) mass is 518 g/mol. The Morgan fingerprint density at radius 2 is 2.03 bits per heavy atom. The summed E-state index contributed by atoms with van der Waals surface area (Å²) in [7, 11) is 0. The normalized spacial score (nSPS) is 12.6. The summed E-state index contributed by atoms with van der Waals surface area (Å²) in [6.45, 7) is 2.90. The number of anilines is 2. The molecular formula is C24H26F4N8O. The molecule has 0 fully saturated rings. The number of nitrogens with zero attached hydrogens (tertiary/aromatic N) is 5. The molecule has 4 aromatic rings. The van der Waals surface area contributed by atoms with Gasteiger partial charge in [0, 0.05) is 42.4 Å². The lowest BCUT2D eigenvalue weighted by molar-refractivity contribution is -0.141. The molecular weight excluding hydrogens is 492 g/mol. The van der Waals surface area contributed by atoms with Gasteiger partial charge in [0.25, 0.3) is 5.91 Å². The van der Waals surface area contributed by atoms with Crippen LogP contribution in [-0.2, 0) is 19.1 Å². The number of amides is 1. The number of benzene rings is 1. The maximum absolute atomic E-state index is 13.7. The van der Waals surface area contributed by atoms with Crippen molar-refractivity contribution < 1.29 is 22.4 Å². The summed E-state index contributed by atoms with van der Waals surface area (Å²) < 4.78 is 56.1.